The zero-order valence-corrected chi connectivity index (χ0v) is 14.3. The van der Waals surface area contributed by atoms with Gasteiger partial charge >= 0.3 is 0 Å². The van der Waals surface area contributed by atoms with Crippen molar-refractivity contribution in [3.63, 3.8) is 0 Å². The van der Waals surface area contributed by atoms with E-state index in [0.717, 1.165) is 11.3 Å². The molecule has 0 fully saturated rings. The molecular weight excluding hydrogens is 390 g/mol. The van der Waals surface area contributed by atoms with E-state index in [1.807, 2.05) is 0 Å². The fourth-order valence-corrected chi connectivity index (χ4v) is 4.47. The third-order valence-electron chi connectivity index (χ3n) is 2.47. The van der Waals surface area contributed by atoms with Gasteiger partial charge in [0.2, 0.25) is 0 Å². The lowest BCUT2D eigenvalue weighted by molar-refractivity contribution is 0.372. The summed E-state index contributed by atoms with van der Waals surface area (Å²) in [6.07, 6.45) is 0. The van der Waals surface area contributed by atoms with Gasteiger partial charge in [-0.2, -0.15) is 0 Å². The number of aryl methyl sites for hydroxylation is 1. The van der Waals surface area contributed by atoms with Gasteiger partial charge in [-0.1, -0.05) is 0 Å². The van der Waals surface area contributed by atoms with Crippen molar-refractivity contribution < 1.29 is 18.3 Å². The van der Waals surface area contributed by atoms with E-state index in [9.17, 15) is 13.5 Å². The van der Waals surface area contributed by atoms with E-state index in [1.54, 1.807) is 19.1 Å². The number of phenols is 1. The molecule has 0 spiro atoms. The van der Waals surface area contributed by atoms with Crippen molar-refractivity contribution in [1.82, 2.24) is 4.98 Å². The fraction of sp³-hybridized carbons (Fsp3) is 0.182. The van der Waals surface area contributed by atoms with Crippen LogP contribution in [0.1, 0.15) is 5.69 Å². The highest BCUT2D eigenvalue weighted by molar-refractivity contribution is 9.10. The van der Waals surface area contributed by atoms with Crippen LogP contribution in [-0.4, -0.2) is 25.6 Å². The van der Waals surface area contributed by atoms with Crippen molar-refractivity contribution in [1.29, 1.82) is 0 Å². The van der Waals surface area contributed by atoms with Crippen LogP contribution in [0.2, 0.25) is 0 Å². The Kier molecular flexibility index (Phi) is 4.29. The summed E-state index contributed by atoms with van der Waals surface area (Å²) in [6.45, 7) is 1.57. The molecule has 1 heterocycles. The van der Waals surface area contributed by atoms with Crippen LogP contribution in [-0.2, 0) is 9.05 Å². The maximum Gasteiger partial charge on any atom is 0.272 e. The summed E-state index contributed by atoms with van der Waals surface area (Å²) in [5.41, 5.74) is 0.953. The molecule has 9 heteroatoms. The summed E-state index contributed by atoms with van der Waals surface area (Å²) in [7, 11) is 2.95. The first-order valence-electron chi connectivity index (χ1n) is 5.23. The van der Waals surface area contributed by atoms with Crippen molar-refractivity contribution >= 4 is 47.0 Å². The molecule has 0 saturated heterocycles. The molecule has 0 atom stereocenters. The maximum absolute atomic E-state index is 11.4. The number of halogens is 2. The van der Waals surface area contributed by atoms with Gasteiger partial charge in [-0.3, -0.25) is 0 Å². The lowest BCUT2D eigenvalue weighted by Crippen LogP contribution is -1.88. The highest BCUT2D eigenvalue weighted by atomic mass is 79.9. The number of nitrogens with zero attached hydrogens (tertiary/aromatic N) is 1. The molecule has 1 N–H and O–H groups in total. The lowest BCUT2D eigenvalue weighted by atomic mass is 10.2. The summed E-state index contributed by atoms with van der Waals surface area (Å²) >= 11 is 4.17. The number of ether oxygens (including phenoxy) is 1. The second kappa shape index (κ2) is 5.51. The maximum atomic E-state index is 11.4. The molecule has 0 saturated carbocycles. The Labute approximate surface area is 132 Å². The Morgan fingerprint density at radius 1 is 1.45 bits per heavy atom. The van der Waals surface area contributed by atoms with Crippen LogP contribution in [0.5, 0.6) is 11.5 Å². The van der Waals surface area contributed by atoms with Crippen LogP contribution < -0.4 is 4.74 Å². The van der Waals surface area contributed by atoms with Gasteiger partial charge in [0.15, 0.2) is 15.7 Å². The molecule has 0 aliphatic heterocycles. The molecule has 5 nitrogen and oxygen atoms in total. The number of aromatic hydroxyl groups is 1. The van der Waals surface area contributed by atoms with E-state index >= 15 is 0 Å². The standard InChI is InChI=1S/C11H9BrClNO4S2/c1-5-11(20(13,16)17)19-10(14-5)6-3-7(12)9(15)8(4-6)18-2/h3-4,15H,1-2H3. The molecule has 0 unspecified atom stereocenters. The number of aromatic nitrogens is 1. The summed E-state index contributed by atoms with van der Waals surface area (Å²) in [6, 6.07) is 3.20. The normalized spacial score (nSPS) is 11.6. The van der Waals surface area contributed by atoms with E-state index in [-0.39, 0.29) is 15.7 Å². The van der Waals surface area contributed by atoms with Crippen LogP contribution in [0.4, 0.5) is 0 Å². The van der Waals surface area contributed by atoms with Gasteiger partial charge in [0.25, 0.3) is 9.05 Å². The number of hydrogen-bond acceptors (Lipinski definition) is 6. The van der Waals surface area contributed by atoms with Crippen molar-refractivity contribution in [2.24, 2.45) is 0 Å². The molecule has 0 bridgehead atoms. The molecule has 1 aromatic heterocycles. The monoisotopic (exact) mass is 397 g/mol. The van der Waals surface area contributed by atoms with Crippen LogP contribution in [0.25, 0.3) is 10.6 Å². The predicted molar refractivity (Wildman–Crippen MR) is 81.2 cm³/mol. The Balaban J connectivity index is 2.61. The molecule has 0 radical (unpaired) electrons. The minimum atomic E-state index is -3.82. The van der Waals surface area contributed by atoms with Gasteiger partial charge < -0.3 is 9.84 Å². The summed E-state index contributed by atoms with van der Waals surface area (Å²) < 4.78 is 28.3. The van der Waals surface area contributed by atoms with E-state index < -0.39 is 9.05 Å². The van der Waals surface area contributed by atoms with E-state index in [2.05, 4.69) is 20.9 Å². The number of hydrogen-bond donors (Lipinski definition) is 1. The Hall–Kier alpha value is -0.830. The molecule has 2 aromatic rings. The van der Waals surface area contributed by atoms with Gasteiger partial charge in [0.05, 0.1) is 17.3 Å². The third kappa shape index (κ3) is 2.93. The molecule has 108 valence electrons. The van der Waals surface area contributed by atoms with E-state index in [4.69, 9.17) is 15.4 Å². The smallest absolute Gasteiger partial charge is 0.272 e. The van der Waals surface area contributed by atoms with Crippen molar-refractivity contribution in [3.05, 3.63) is 22.3 Å². The molecule has 20 heavy (non-hydrogen) atoms. The molecule has 0 aliphatic rings. The molecule has 0 aliphatic carbocycles. The van der Waals surface area contributed by atoms with Crippen LogP contribution in [0.3, 0.4) is 0 Å². The first-order chi connectivity index (χ1) is 9.24. The van der Waals surface area contributed by atoms with E-state index in [1.165, 1.54) is 7.11 Å². The second-order valence-electron chi connectivity index (χ2n) is 3.84. The first kappa shape index (κ1) is 15.6. The highest BCUT2D eigenvalue weighted by Gasteiger charge is 2.21. The average molecular weight is 399 g/mol. The third-order valence-corrected chi connectivity index (χ3v) is 6.46. The summed E-state index contributed by atoms with van der Waals surface area (Å²) in [4.78, 5) is 4.19. The molecule has 2 rings (SSSR count). The van der Waals surface area contributed by atoms with Crippen molar-refractivity contribution in [2.75, 3.05) is 7.11 Å². The van der Waals surface area contributed by atoms with Crippen LogP contribution >= 0.6 is 37.9 Å². The first-order valence-corrected chi connectivity index (χ1v) is 9.15. The lowest BCUT2D eigenvalue weighted by Gasteiger charge is -2.07. The quantitative estimate of drug-likeness (QED) is 0.801. The minimum absolute atomic E-state index is 0.0114. The van der Waals surface area contributed by atoms with Gasteiger partial charge in [-0.05, 0) is 35.0 Å². The minimum Gasteiger partial charge on any atom is -0.503 e. The molecule has 0 amide bonds. The van der Waals surface area contributed by atoms with Gasteiger partial charge in [0, 0.05) is 16.2 Å². The SMILES string of the molecule is COc1cc(-c2nc(C)c(S(=O)(=O)Cl)s2)cc(Br)c1O. The zero-order valence-electron chi connectivity index (χ0n) is 10.3. The van der Waals surface area contributed by atoms with Gasteiger partial charge in [-0.15, -0.1) is 11.3 Å². The van der Waals surface area contributed by atoms with Crippen LogP contribution in [0.15, 0.2) is 20.8 Å². The van der Waals surface area contributed by atoms with Gasteiger partial charge in [0.1, 0.15) is 5.01 Å². The highest BCUT2D eigenvalue weighted by Crippen LogP contribution is 2.40. The Bertz CT molecular complexity index is 773. The number of benzene rings is 1. The number of rotatable bonds is 3. The largest absolute Gasteiger partial charge is 0.503 e. The summed E-state index contributed by atoms with van der Waals surface area (Å²) in [5, 5.41) is 10.2. The van der Waals surface area contributed by atoms with Crippen molar-refractivity contribution in [3.8, 4) is 22.1 Å². The Morgan fingerprint density at radius 3 is 2.60 bits per heavy atom. The van der Waals surface area contributed by atoms with Crippen molar-refractivity contribution in [2.45, 2.75) is 11.1 Å². The second-order valence-corrected chi connectivity index (χ2v) is 8.45. The Morgan fingerprint density at radius 2 is 2.10 bits per heavy atom. The van der Waals surface area contributed by atoms with Crippen LogP contribution in [0, 0.1) is 6.92 Å². The number of thiazole rings is 1. The topological polar surface area (TPSA) is 76.5 Å². The number of methoxy groups -OCH3 is 1. The fourth-order valence-electron chi connectivity index (χ4n) is 1.59. The molecular formula is C11H9BrClNO4S2. The van der Waals surface area contributed by atoms with Gasteiger partial charge in [-0.25, -0.2) is 13.4 Å². The predicted octanol–water partition coefficient (Wildman–Crippen LogP) is 3.52. The zero-order chi connectivity index (χ0) is 15.1. The molecule has 1 aromatic carbocycles. The van der Waals surface area contributed by atoms with E-state index in [0.29, 0.717) is 20.7 Å². The summed E-state index contributed by atoms with van der Waals surface area (Å²) in [5.74, 6) is 0.229. The average Bonchev–Trinajstić information content (AvgIpc) is 2.74. The number of phenolic OH excluding ortho intramolecular Hbond substituents is 1.